The molecule has 0 atom stereocenters. The van der Waals surface area contributed by atoms with E-state index in [4.69, 9.17) is 24.6 Å². The third kappa shape index (κ3) is 4.31. The fourth-order valence-corrected chi connectivity index (χ4v) is 4.76. The highest BCUT2D eigenvalue weighted by Gasteiger charge is 2.23. The Labute approximate surface area is 199 Å². The largest absolute Gasteiger partial charge is 0.454 e. The number of carbonyl (C=O) groups excluding carboxylic acids is 1. The fourth-order valence-electron chi connectivity index (χ4n) is 3.70. The topological polar surface area (TPSA) is 130 Å². The Balaban J connectivity index is 1.55. The number of aldehydes is 1. The van der Waals surface area contributed by atoms with Gasteiger partial charge in [-0.25, -0.2) is 15.0 Å². The lowest BCUT2D eigenvalue weighted by Gasteiger charge is -2.12. The number of nitrogen functional groups attached to an aromatic ring is 1. The van der Waals surface area contributed by atoms with Gasteiger partial charge in [-0.1, -0.05) is 25.6 Å². The van der Waals surface area contributed by atoms with Crippen molar-refractivity contribution in [3.63, 3.8) is 0 Å². The van der Waals surface area contributed by atoms with Crippen molar-refractivity contribution >= 4 is 35.0 Å². The van der Waals surface area contributed by atoms with Crippen LogP contribution in [0, 0.1) is 0 Å². The molecule has 3 aromatic heterocycles. The van der Waals surface area contributed by atoms with E-state index >= 15 is 0 Å². The van der Waals surface area contributed by atoms with Crippen molar-refractivity contribution in [1.82, 2.24) is 24.8 Å². The Kier molecular flexibility index (Phi) is 6.12. The van der Waals surface area contributed by atoms with E-state index < -0.39 is 0 Å². The smallest absolute Gasteiger partial charge is 0.231 e. The highest BCUT2D eigenvalue weighted by atomic mass is 32.2. The lowest BCUT2D eigenvalue weighted by molar-refractivity contribution is 0.110. The number of furan rings is 1. The van der Waals surface area contributed by atoms with Gasteiger partial charge in [-0.05, 0) is 37.2 Å². The molecule has 0 radical (unpaired) electrons. The molecule has 5 rings (SSSR count). The maximum absolute atomic E-state index is 11.2. The van der Waals surface area contributed by atoms with Crippen molar-refractivity contribution < 1.29 is 18.7 Å². The number of nitrogens with one attached hydrogen (secondary N) is 1. The van der Waals surface area contributed by atoms with Gasteiger partial charge in [0.2, 0.25) is 6.79 Å². The molecule has 1 aliphatic rings. The van der Waals surface area contributed by atoms with Crippen LogP contribution in [-0.2, 0) is 6.54 Å². The number of nitrogens with zero attached hydrogens (tertiary/aromatic N) is 4. The van der Waals surface area contributed by atoms with Gasteiger partial charge in [0.05, 0.1) is 0 Å². The van der Waals surface area contributed by atoms with Crippen molar-refractivity contribution in [2.75, 3.05) is 19.1 Å². The Bertz CT molecular complexity index is 1350. The van der Waals surface area contributed by atoms with Crippen molar-refractivity contribution in [3.05, 3.63) is 36.4 Å². The minimum absolute atomic E-state index is 0.147. The van der Waals surface area contributed by atoms with E-state index in [2.05, 4.69) is 29.1 Å². The predicted molar refractivity (Wildman–Crippen MR) is 127 cm³/mol. The number of aryl methyl sites for hydroxylation is 1. The van der Waals surface area contributed by atoms with E-state index in [1.165, 1.54) is 18.1 Å². The van der Waals surface area contributed by atoms with E-state index in [0.29, 0.717) is 58.3 Å². The highest BCUT2D eigenvalue weighted by Crippen LogP contribution is 2.45. The summed E-state index contributed by atoms with van der Waals surface area (Å²) in [4.78, 5) is 25.3. The standard InChI is InChI=1S/C23H24N6O4S/c1-13(2)25-6-3-7-29-22-20(21(24)26-11-27-22)28-23(29)34-19-9-18-17(31-12-32-18)8-15(19)16-5-4-14(10-30)33-16/h4-5,8-11,13,25H,3,6-7,12H2,1-2H3,(H2,24,26,27). The van der Waals surface area contributed by atoms with Crippen molar-refractivity contribution in [1.29, 1.82) is 0 Å². The summed E-state index contributed by atoms with van der Waals surface area (Å²) in [6.45, 7) is 5.94. The van der Waals surface area contributed by atoms with E-state index in [-0.39, 0.29) is 12.6 Å². The van der Waals surface area contributed by atoms with Gasteiger partial charge < -0.3 is 29.5 Å². The summed E-state index contributed by atoms with van der Waals surface area (Å²) in [5.41, 5.74) is 8.12. The van der Waals surface area contributed by atoms with Gasteiger partial charge in [0, 0.05) is 23.0 Å². The van der Waals surface area contributed by atoms with Crippen molar-refractivity contribution in [2.45, 2.75) is 42.9 Å². The number of fused-ring (bicyclic) bond motifs is 2. The molecule has 0 bridgehead atoms. The van der Waals surface area contributed by atoms with Crippen LogP contribution in [-0.4, -0.2) is 45.2 Å². The summed E-state index contributed by atoms with van der Waals surface area (Å²) < 4.78 is 18.9. The van der Waals surface area contributed by atoms with Crippen LogP contribution in [0.3, 0.4) is 0 Å². The Morgan fingerprint density at radius 2 is 2.06 bits per heavy atom. The van der Waals surface area contributed by atoms with Crippen LogP contribution in [0.25, 0.3) is 22.5 Å². The van der Waals surface area contributed by atoms with Crippen LogP contribution in [0.4, 0.5) is 5.82 Å². The molecule has 0 saturated carbocycles. The van der Waals surface area contributed by atoms with E-state index in [1.54, 1.807) is 12.1 Å². The first-order valence-corrected chi connectivity index (χ1v) is 11.7. The molecule has 0 fully saturated rings. The summed E-state index contributed by atoms with van der Waals surface area (Å²) in [5.74, 6) is 2.38. The SMILES string of the molecule is CC(C)NCCCn1c(Sc2cc3c(cc2-c2ccc(C=O)o2)OCO3)nc2c(N)ncnc21. The number of benzene rings is 1. The molecule has 3 N–H and O–H groups in total. The third-order valence-electron chi connectivity index (χ3n) is 5.32. The normalized spacial score (nSPS) is 12.7. The minimum atomic E-state index is 0.147. The predicted octanol–water partition coefficient (Wildman–Crippen LogP) is 3.75. The molecule has 1 aliphatic heterocycles. The Hall–Kier alpha value is -3.57. The zero-order valence-electron chi connectivity index (χ0n) is 18.8. The first-order chi connectivity index (χ1) is 16.5. The van der Waals surface area contributed by atoms with Crippen LogP contribution >= 0.6 is 11.8 Å². The Morgan fingerprint density at radius 1 is 1.24 bits per heavy atom. The number of nitrogens with two attached hydrogens (primary N) is 1. The van der Waals surface area contributed by atoms with Crippen LogP contribution in [0.1, 0.15) is 30.8 Å². The lowest BCUT2D eigenvalue weighted by Crippen LogP contribution is -2.24. The number of hydrogen-bond donors (Lipinski definition) is 2. The molecule has 4 aromatic rings. The zero-order valence-corrected chi connectivity index (χ0v) is 19.6. The summed E-state index contributed by atoms with van der Waals surface area (Å²) in [5, 5.41) is 4.15. The molecule has 0 aliphatic carbocycles. The molecular formula is C23H24N6O4S. The van der Waals surface area contributed by atoms with Crippen molar-refractivity contribution in [3.8, 4) is 22.8 Å². The number of rotatable bonds is 9. The molecular weight excluding hydrogens is 456 g/mol. The van der Waals surface area contributed by atoms with Crippen molar-refractivity contribution in [2.24, 2.45) is 0 Å². The second-order valence-electron chi connectivity index (χ2n) is 8.06. The molecule has 0 spiro atoms. The summed E-state index contributed by atoms with van der Waals surface area (Å²) >= 11 is 1.44. The monoisotopic (exact) mass is 480 g/mol. The van der Waals surface area contributed by atoms with Gasteiger partial charge in [-0.3, -0.25) is 4.79 Å². The fraction of sp³-hybridized carbons (Fsp3) is 0.304. The maximum atomic E-state index is 11.2. The Morgan fingerprint density at radius 3 is 2.82 bits per heavy atom. The first-order valence-electron chi connectivity index (χ1n) is 10.9. The third-order valence-corrected chi connectivity index (χ3v) is 6.37. The molecule has 34 heavy (non-hydrogen) atoms. The van der Waals surface area contributed by atoms with Crippen LogP contribution in [0.5, 0.6) is 11.5 Å². The number of carbonyl (C=O) groups is 1. The van der Waals surface area contributed by atoms with Gasteiger partial charge in [-0.15, -0.1) is 0 Å². The highest BCUT2D eigenvalue weighted by molar-refractivity contribution is 7.99. The van der Waals surface area contributed by atoms with E-state index in [0.717, 1.165) is 23.4 Å². The molecule has 0 unspecified atom stereocenters. The van der Waals surface area contributed by atoms with Gasteiger partial charge >= 0.3 is 0 Å². The van der Waals surface area contributed by atoms with Gasteiger partial charge in [-0.2, -0.15) is 0 Å². The van der Waals surface area contributed by atoms with Crippen LogP contribution < -0.4 is 20.5 Å². The molecule has 1 aromatic carbocycles. The average Bonchev–Trinajstić information content (AvgIpc) is 3.55. The quantitative estimate of drug-likeness (QED) is 0.270. The van der Waals surface area contributed by atoms with E-state index in [9.17, 15) is 4.79 Å². The van der Waals surface area contributed by atoms with Gasteiger partial charge in [0.15, 0.2) is 45.7 Å². The molecule has 10 nitrogen and oxygen atoms in total. The summed E-state index contributed by atoms with van der Waals surface area (Å²) in [6.07, 6.45) is 3.01. The van der Waals surface area contributed by atoms with Gasteiger partial charge in [0.1, 0.15) is 12.1 Å². The molecule has 176 valence electrons. The molecule has 0 saturated heterocycles. The summed E-state index contributed by atoms with van der Waals surface area (Å²) in [6, 6.07) is 7.55. The van der Waals surface area contributed by atoms with Crippen LogP contribution in [0.2, 0.25) is 0 Å². The molecule has 0 amide bonds. The molecule has 11 heteroatoms. The number of aromatic nitrogens is 4. The average molecular weight is 481 g/mol. The number of anilines is 1. The van der Waals surface area contributed by atoms with E-state index in [1.807, 2.05) is 16.7 Å². The molecule has 4 heterocycles. The summed E-state index contributed by atoms with van der Waals surface area (Å²) in [7, 11) is 0. The van der Waals surface area contributed by atoms with Gasteiger partial charge in [0.25, 0.3) is 0 Å². The second kappa shape index (κ2) is 9.35. The zero-order chi connectivity index (χ0) is 23.7. The number of ether oxygens (including phenoxy) is 2. The first kappa shape index (κ1) is 22.2. The van der Waals surface area contributed by atoms with Crippen LogP contribution in [0.15, 0.2) is 45.1 Å². The second-order valence-corrected chi connectivity index (χ2v) is 9.07. The number of imidazole rings is 1. The maximum Gasteiger partial charge on any atom is 0.231 e. The number of hydrogen-bond acceptors (Lipinski definition) is 10. The minimum Gasteiger partial charge on any atom is -0.454 e. The lowest BCUT2D eigenvalue weighted by atomic mass is 10.1.